The molecule has 0 saturated carbocycles. The van der Waals surface area contributed by atoms with Crippen LogP contribution < -0.4 is 5.32 Å². The van der Waals surface area contributed by atoms with Gasteiger partial charge in [0.15, 0.2) is 0 Å². The number of nitrogens with zero attached hydrogens (tertiary/aromatic N) is 2. The molecule has 3 heteroatoms. The highest BCUT2D eigenvalue weighted by atomic mass is 15.0. The fraction of sp³-hybridized carbons (Fsp3) is 0.667. The molecule has 0 saturated heterocycles. The minimum atomic E-state index is 1.03. The second-order valence-electron chi connectivity index (χ2n) is 3.03. The lowest BCUT2D eigenvalue weighted by Crippen LogP contribution is -2.17. The third-order valence-corrected chi connectivity index (χ3v) is 1.74. The summed E-state index contributed by atoms with van der Waals surface area (Å²) in [7, 11) is 2.00. The van der Waals surface area contributed by atoms with Gasteiger partial charge in [0.2, 0.25) is 0 Å². The van der Waals surface area contributed by atoms with Crippen molar-refractivity contribution in [2.75, 3.05) is 13.1 Å². The quantitative estimate of drug-likeness (QED) is 0.662. The van der Waals surface area contributed by atoms with Crippen molar-refractivity contribution in [3.8, 4) is 0 Å². The average Bonchev–Trinajstić information content (AvgIpc) is 2.45. The zero-order valence-electron chi connectivity index (χ0n) is 7.88. The van der Waals surface area contributed by atoms with Gasteiger partial charge in [-0.25, -0.2) is 4.98 Å². The number of hydrogen-bond acceptors (Lipinski definition) is 2. The van der Waals surface area contributed by atoms with Crippen molar-refractivity contribution in [2.24, 2.45) is 7.05 Å². The molecule has 0 aliphatic rings. The van der Waals surface area contributed by atoms with E-state index in [1.807, 2.05) is 17.9 Å². The zero-order chi connectivity index (χ0) is 8.81. The Morgan fingerprint density at radius 2 is 2.33 bits per heavy atom. The lowest BCUT2D eigenvalue weighted by molar-refractivity contribution is 0.666. The first-order chi connectivity index (χ1) is 5.83. The van der Waals surface area contributed by atoms with Crippen molar-refractivity contribution in [3.63, 3.8) is 0 Å². The summed E-state index contributed by atoms with van der Waals surface area (Å²) in [5, 5.41) is 3.34. The Balaban J connectivity index is 2.15. The molecule has 12 heavy (non-hydrogen) atoms. The molecular weight excluding hydrogens is 150 g/mol. The van der Waals surface area contributed by atoms with Crippen LogP contribution in [-0.4, -0.2) is 22.6 Å². The van der Waals surface area contributed by atoms with Crippen molar-refractivity contribution < 1.29 is 0 Å². The van der Waals surface area contributed by atoms with Gasteiger partial charge >= 0.3 is 0 Å². The first-order valence-electron chi connectivity index (χ1n) is 4.50. The molecule has 1 aromatic rings. The lowest BCUT2D eigenvalue weighted by Gasteiger charge is -1.99. The van der Waals surface area contributed by atoms with Crippen LogP contribution in [0.3, 0.4) is 0 Å². The topological polar surface area (TPSA) is 29.9 Å². The molecule has 0 unspecified atom stereocenters. The fourth-order valence-electron chi connectivity index (χ4n) is 1.11. The molecule has 0 spiro atoms. The molecule has 0 radical (unpaired) electrons. The largest absolute Gasteiger partial charge is 0.340 e. The molecule has 0 bridgehead atoms. The highest BCUT2D eigenvalue weighted by Crippen LogP contribution is 1.93. The van der Waals surface area contributed by atoms with E-state index in [0.29, 0.717) is 0 Å². The van der Waals surface area contributed by atoms with Crippen molar-refractivity contribution >= 4 is 0 Å². The maximum absolute atomic E-state index is 4.24. The SMILES string of the molecule is CCCNCCc1cn(C)cn1. The summed E-state index contributed by atoms with van der Waals surface area (Å²) in [6.07, 6.45) is 6.13. The summed E-state index contributed by atoms with van der Waals surface area (Å²) in [4.78, 5) is 4.24. The van der Waals surface area contributed by atoms with Crippen molar-refractivity contribution in [3.05, 3.63) is 18.2 Å². The molecule has 1 heterocycles. The summed E-state index contributed by atoms with van der Waals surface area (Å²) < 4.78 is 1.98. The lowest BCUT2D eigenvalue weighted by atomic mass is 10.3. The molecule has 0 aliphatic heterocycles. The Morgan fingerprint density at radius 1 is 1.50 bits per heavy atom. The van der Waals surface area contributed by atoms with Gasteiger partial charge in [0.05, 0.1) is 12.0 Å². The van der Waals surface area contributed by atoms with Crippen LogP contribution in [0.2, 0.25) is 0 Å². The van der Waals surface area contributed by atoms with E-state index in [1.54, 1.807) is 0 Å². The highest BCUT2D eigenvalue weighted by Gasteiger charge is 1.94. The van der Waals surface area contributed by atoms with E-state index >= 15 is 0 Å². The van der Waals surface area contributed by atoms with Crippen LogP contribution in [0.4, 0.5) is 0 Å². The maximum atomic E-state index is 4.24. The number of nitrogens with one attached hydrogen (secondary N) is 1. The van der Waals surface area contributed by atoms with E-state index in [2.05, 4.69) is 23.4 Å². The molecule has 1 N–H and O–H groups in total. The van der Waals surface area contributed by atoms with Crippen molar-refractivity contribution in [1.29, 1.82) is 0 Å². The predicted molar refractivity (Wildman–Crippen MR) is 50.1 cm³/mol. The molecule has 0 fully saturated rings. The predicted octanol–water partition coefficient (Wildman–Crippen LogP) is 0.962. The van der Waals surface area contributed by atoms with Gasteiger partial charge in [0.1, 0.15) is 0 Å². The van der Waals surface area contributed by atoms with Crippen LogP contribution in [0.1, 0.15) is 19.0 Å². The van der Waals surface area contributed by atoms with Crippen LogP contribution in [0, 0.1) is 0 Å². The summed E-state index contributed by atoms with van der Waals surface area (Å²) in [5.74, 6) is 0. The smallest absolute Gasteiger partial charge is 0.0946 e. The van der Waals surface area contributed by atoms with Crippen LogP contribution >= 0.6 is 0 Å². The molecule has 0 atom stereocenters. The summed E-state index contributed by atoms with van der Waals surface area (Å²) in [6, 6.07) is 0. The second-order valence-corrected chi connectivity index (χ2v) is 3.03. The summed E-state index contributed by atoms with van der Waals surface area (Å²) in [5.41, 5.74) is 1.17. The Kier molecular flexibility index (Phi) is 3.80. The van der Waals surface area contributed by atoms with E-state index in [-0.39, 0.29) is 0 Å². The van der Waals surface area contributed by atoms with Gasteiger partial charge in [0.25, 0.3) is 0 Å². The van der Waals surface area contributed by atoms with Crippen LogP contribution in [0.5, 0.6) is 0 Å². The summed E-state index contributed by atoms with van der Waals surface area (Å²) in [6.45, 7) is 4.31. The maximum Gasteiger partial charge on any atom is 0.0946 e. The van der Waals surface area contributed by atoms with E-state index in [9.17, 15) is 0 Å². The number of rotatable bonds is 5. The van der Waals surface area contributed by atoms with E-state index in [0.717, 1.165) is 19.5 Å². The minimum absolute atomic E-state index is 1.03. The van der Waals surface area contributed by atoms with Gasteiger partial charge in [-0.15, -0.1) is 0 Å². The number of aryl methyl sites for hydroxylation is 1. The molecule has 0 aromatic carbocycles. The van der Waals surface area contributed by atoms with Crippen LogP contribution in [0.25, 0.3) is 0 Å². The molecule has 68 valence electrons. The zero-order valence-corrected chi connectivity index (χ0v) is 7.88. The Hall–Kier alpha value is -0.830. The molecule has 0 aliphatic carbocycles. The Bertz CT molecular complexity index is 217. The van der Waals surface area contributed by atoms with Gasteiger partial charge in [-0.1, -0.05) is 6.92 Å². The van der Waals surface area contributed by atoms with E-state index in [1.165, 1.54) is 12.1 Å². The first kappa shape index (κ1) is 9.26. The highest BCUT2D eigenvalue weighted by molar-refractivity contribution is 4.96. The molecule has 1 aromatic heterocycles. The molecule has 1 rings (SSSR count). The third-order valence-electron chi connectivity index (χ3n) is 1.74. The molecular formula is C9H17N3. The standard InChI is InChI=1S/C9H17N3/c1-3-5-10-6-4-9-7-12(2)8-11-9/h7-8,10H,3-6H2,1-2H3. The Labute approximate surface area is 73.8 Å². The van der Waals surface area contributed by atoms with Gasteiger partial charge in [-0.2, -0.15) is 0 Å². The normalized spacial score (nSPS) is 10.5. The molecule has 0 amide bonds. The average molecular weight is 167 g/mol. The number of hydrogen-bond donors (Lipinski definition) is 1. The third kappa shape index (κ3) is 3.05. The Morgan fingerprint density at radius 3 is 2.92 bits per heavy atom. The van der Waals surface area contributed by atoms with E-state index < -0.39 is 0 Å². The summed E-state index contributed by atoms with van der Waals surface area (Å²) >= 11 is 0. The van der Waals surface area contributed by atoms with Gasteiger partial charge in [-0.05, 0) is 13.0 Å². The van der Waals surface area contributed by atoms with Crippen molar-refractivity contribution in [2.45, 2.75) is 19.8 Å². The number of imidazole rings is 1. The van der Waals surface area contributed by atoms with Crippen molar-refractivity contribution in [1.82, 2.24) is 14.9 Å². The first-order valence-corrected chi connectivity index (χ1v) is 4.50. The second kappa shape index (κ2) is 4.93. The van der Waals surface area contributed by atoms with Gasteiger partial charge in [0, 0.05) is 26.2 Å². The van der Waals surface area contributed by atoms with E-state index in [4.69, 9.17) is 0 Å². The van der Waals surface area contributed by atoms with Crippen LogP contribution in [-0.2, 0) is 13.5 Å². The monoisotopic (exact) mass is 167 g/mol. The number of aromatic nitrogens is 2. The minimum Gasteiger partial charge on any atom is -0.340 e. The van der Waals surface area contributed by atoms with Crippen LogP contribution in [0.15, 0.2) is 12.5 Å². The molecule has 3 nitrogen and oxygen atoms in total. The fourth-order valence-corrected chi connectivity index (χ4v) is 1.11. The van der Waals surface area contributed by atoms with Gasteiger partial charge < -0.3 is 9.88 Å². The van der Waals surface area contributed by atoms with Gasteiger partial charge in [-0.3, -0.25) is 0 Å².